The summed E-state index contributed by atoms with van der Waals surface area (Å²) >= 11 is 6.27. The Balaban J connectivity index is 1.81. The van der Waals surface area contributed by atoms with Gasteiger partial charge < -0.3 is 15.2 Å². The van der Waals surface area contributed by atoms with Crippen LogP contribution >= 0.6 is 34.2 Å². The standard InChI is InChI=1S/C27H28ClIN2O4S/c1-27(2,29)21-12-10-19(11-13-21)24(26(33)31-23-5-3-4-22(28)17-23)16-18-6-8-20(9-7-18)25(32)30-14-15-36(34)35/h3-13,17,24H,14-16H2,1-2H3,(H,30,32)(H,31,33)(H,34,35)/p-1. The van der Waals surface area contributed by atoms with Gasteiger partial charge in [-0.1, -0.05) is 87.7 Å². The third-order valence-electron chi connectivity index (χ3n) is 5.62. The summed E-state index contributed by atoms with van der Waals surface area (Å²) in [5, 5.41) is 6.08. The van der Waals surface area contributed by atoms with Crippen molar-refractivity contribution in [1.29, 1.82) is 0 Å². The number of hydrogen-bond donors (Lipinski definition) is 2. The van der Waals surface area contributed by atoms with Gasteiger partial charge >= 0.3 is 0 Å². The van der Waals surface area contributed by atoms with Gasteiger partial charge in [-0.2, -0.15) is 0 Å². The van der Waals surface area contributed by atoms with Gasteiger partial charge in [0.1, 0.15) is 0 Å². The average Bonchev–Trinajstić information content (AvgIpc) is 2.82. The third kappa shape index (κ3) is 8.40. The molecule has 0 saturated heterocycles. The third-order valence-corrected chi connectivity index (χ3v) is 7.01. The molecule has 2 atom stereocenters. The number of anilines is 1. The van der Waals surface area contributed by atoms with Crippen LogP contribution in [-0.4, -0.2) is 32.9 Å². The molecule has 9 heteroatoms. The minimum Gasteiger partial charge on any atom is -0.772 e. The van der Waals surface area contributed by atoms with Crippen molar-refractivity contribution in [3.63, 3.8) is 0 Å². The highest BCUT2D eigenvalue weighted by molar-refractivity contribution is 14.1. The molecular formula is C27H27ClIN2O4S-. The fourth-order valence-electron chi connectivity index (χ4n) is 3.65. The van der Waals surface area contributed by atoms with Crippen LogP contribution in [0.2, 0.25) is 5.02 Å². The van der Waals surface area contributed by atoms with Gasteiger partial charge in [0.25, 0.3) is 5.91 Å². The molecule has 0 aliphatic carbocycles. The summed E-state index contributed by atoms with van der Waals surface area (Å²) in [5.74, 6) is -1.12. The van der Waals surface area contributed by atoms with Crippen molar-refractivity contribution in [2.24, 2.45) is 0 Å². The maximum atomic E-state index is 13.4. The Bertz CT molecular complexity index is 1230. The summed E-state index contributed by atoms with van der Waals surface area (Å²) in [6, 6.07) is 22.0. The summed E-state index contributed by atoms with van der Waals surface area (Å²) in [4.78, 5) is 25.6. The predicted octanol–water partition coefficient (Wildman–Crippen LogP) is 5.58. The van der Waals surface area contributed by atoms with Gasteiger partial charge in [0, 0.05) is 32.0 Å². The SMILES string of the molecule is CC(C)(I)c1ccc(C(Cc2ccc(C(=O)NCCS(=O)[O-])cc2)C(=O)Nc2cccc(Cl)c2)cc1. The van der Waals surface area contributed by atoms with Crippen LogP contribution in [-0.2, 0) is 25.7 Å². The second-order valence-electron chi connectivity index (χ2n) is 8.81. The van der Waals surface area contributed by atoms with E-state index in [-0.39, 0.29) is 27.5 Å². The summed E-state index contributed by atoms with van der Waals surface area (Å²) in [7, 11) is 0. The molecule has 0 aliphatic heterocycles. The summed E-state index contributed by atoms with van der Waals surface area (Å²) in [6.45, 7) is 4.31. The fourth-order valence-corrected chi connectivity index (χ4v) is 4.47. The van der Waals surface area contributed by atoms with Crippen LogP contribution in [0.3, 0.4) is 0 Å². The molecule has 6 nitrogen and oxygen atoms in total. The van der Waals surface area contributed by atoms with Gasteiger partial charge in [-0.25, -0.2) is 0 Å². The van der Waals surface area contributed by atoms with Crippen LogP contribution in [0, 0.1) is 0 Å². The summed E-state index contributed by atoms with van der Waals surface area (Å²) in [5.41, 5.74) is 3.97. The molecule has 0 fully saturated rings. The number of carbonyl (C=O) groups is 2. The van der Waals surface area contributed by atoms with Crippen LogP contribution in [0.25, 0.3) is 0 Å². The van der Waals surface area contributed by atoms with Crippen LogP contribution < -0.4 is 10.6 Å². The second-order valence-corrected chi connectivity index (χ2v) is 13.0. The largest absolute Gasteiger partial charge is 0.772 e. The lowest BCUT2D eigenvalue weighted by Crippen LogP contribution is -2.27. The highest BCUT2D eigenvalue weighted by atomic mass is 127. The molecule has 3 aromatic carbocycles. The van der Waals surface area contributed by atoms with Gasteiger partial charge in [0.05, 0.1) is 5.92 Å². The Morgan fingerprint density at radius 3 is 2.31 bits per heavy atom. The lowest BCUT2D eigenvalue weighted by Gasteiger charge is -2.21. The molecule has 190 valence electrons. The molecule has 2 amide bonds. The highest BCUT2D eigenvalue weighted by Gasteiger charge is 2.23. The monoisotopic (exact) mass is 637 g/mol. The number of carbonyl (C=O) groups excluding carboxylic acids is 2. The first-order valence-electron chi connectivity index (χ1n) is 11.3. The summed E-state index contributed by atoms with van der Waals surface area (Å²) in [6.07, 6.45) is 0.427. The van der Waals surface area contributed by atoms with Crippen molar-refractivity contribution >= 4 is 62.8 Å². The zero-order valence-corrected chi connectivity index (χ0v) is 23.7. The zero-order valence-electron chi connectivity index (χ0n) is 19.9. The number of alkyl halides is 1. The van der Waals surface area contributed by atoms with Crippen LogP contribution in [0.15, 0.2) is 72.8 Å². The zero-order chi connectivity index (χ0) is 26.3. The Morgan fingerprint density at radius 2 is 1.72 bits per heavy atom. The van der Waals surface area contributed by atoms with Crippen molar-refractivity contribution in [2.45, 2.75) is 29.6 Å². The Labute approximate surface area is 232 Å². The molecule has 0 aromatic heterocycles. The molecule has 0 bridgehead atoms. The summed E-state index contributed by atoms with van der Waals surface area (Å²) < 4.78 is 21.3. The first kappa shape index (κ1) is 28.3. The van der Waals surface area contributed by atoms with E-state index in [2.05, 4.69) is 47.1 Å². The number of amides is 2. The van der Waals surface area contributed by atoms with E-state index < -0.39 is 17.0 Å². The topological polar surface area (TPSA) is 98.3 Å². The fraction of sp³-hybridized carbons (Fsp3) is 0.259. The van der Waals surface area contributed by atoms with Gasteiger partial charge in [0.15, 0.2) is 0 Å². The molecule has 3 aromatic rings. The maximum Gasteiger partial charge on any atom is 0.251 e. The molecule has 36 heavy (non-hydrogen) atoms. The minimum atomic E-state index is -2.20. The molecule has 2 unspecified atom stereocenters. The number of halogens is 2. The molecule has 2 N–H and O–H groups in total. The number of rotatable bonds is 10. The van der Waals surface area contributed by atoms with E-state index in [1.165, 1.54) is 0 Å². The highest BCUT2D eigenvalue weighted by Crippen LogP contribution is 2.32. The molecule has 0 saturated carbocycles. The molecule has 0 radical (unpaired) electrons. The van der Waals surface area contributed by atoms with Gasteiger partial charge in [-0.15, -0.1) is 0 Å². The number of nitrogens with one attached hydrogen (secondary N) is 2. The first-order valence-corrected chi connectivity index (χ1v) is 14.0. The Morgan fingerprint density at radius 1 is 1.06 bits per heavy atom. The molecular weight excluding hydrogens is 611 g/mol. The average molecular weight is 638 g/mol. The second kappa shape index (κ2) is 12.8. The van der Waals surface area contributed by atoms with E-state index in [4.69, 9.17) is 11.6 Å². The van der Waals surface area contributed by atoms with Crippen LogP contribution in [0.4, 0.5) is 5.69 Å². The van der Waals surface area contributed by atoms with Crippen molar-refractivity contribution < 1.29 is 18.4 Å². The van der Waals surface area contributed by atoms with Gasteiger partial charge in [0.2, 0.25) is 5.91 Å². The number of hydrogen-bond acceptors (Lipinski definition) is 4. The van der Waals surface area contributed by atoms with Gasteiger partial charge in [-0.3, -0.25) is 13.8 Å². The Kier molecular flexibility index (Phi) is 10.1. The van der Waals surface area contributed by atoms with Crippen molar-refractivity contribution in [3.05, 3.63) is 100 Å². The smallest absolute Gasteiger partial charge is 0.251 e. The van der Waals surface area contributed by atoms with Crippen molar-refractivity contribution in [2.75, 3.05) is 17.6 Å². The molecule has 0 aliphatic rings. The molecule has 3 rings (SSSR count). The Hall–Kier alpha value is -2.27. The number of benzene rings is 3. The minimum absolute atomic E-state index is 0.0338. The quantitative estimate of drug-likeness (QED) is 0.172. The lowest BCUT2D eigenvalue weighted by atomic mass is 9.89. The predicted molar refractivity (Wildman–Crippen MR) is 153 cm³/mol. The lowest BCUT2D eigenvalue weighted by molar-refractivity contribution is -0.117. The molecule has 0 spiro atoms. The van der Waals surface area contributed by atoms with Crippen LogP contribution in [0.1, 0.15) is 46.8 Å². The van der Waals surface area contributed by atoms with Crippen molar-refractivity contribution in [1.82, 2.24) is 5.32 Å². The van der Waals surface area contributed by atoms with E-state index in [1.54, 1.807) is 36.4 Å². The van der Waals surface area contributed by atoms with E-state index in [9.17, 15) is 18.4 Å². The first-order chi connectivity index (χ1) is 17.0. The maximum absolute atomic E-state index is 13.4. The van der Waals surface area contributed by atoms with E-state index in [0.717, 1.165) is 16.7 Å². The van der Waals surface area contributed by atoms with Crippen LogP contribution in [0.5, 0.6) is 0 Å². The van der Waals surface area contributed by atoms with E-state index in [1.807, 2.05) is 36.4 Å². The van der Waals surface area contributed by atoms with Crippen molar-refractivity contribution in [3.8, 4) is 0 Å². The normalized spacial score (nSPS) is 13.0. The van der Waals surface area contributed by atoms with E-state index in [0.29, 0.717) is 22.7 Å². The van der Waals surface area contributed by atoms with E-state index >= 15 is 0 Å². The van der Waals surface area contributed by atoms with Gasteiger partial charge in [-0.05, 0) is 67.3 Å². The molecule has 0 heterocycles.